The number of sulfonamides is 1. The standard InChI is InChI=1S/C20H25N3O3S/c1-20(2,3)19(24)22-16-5-4-6-17(12-16)23-27(25,26)18-8-7-14-9-10-21-13-15(14)11-18/h4-8,11-12,21,23H,9-10,13H2,1-3H3,(H,22,24). The van der Waals surface area contributed by atoms with Crippen LogP contribution in [0.1, 0.15) is 31.9 Å². The minimum atomic E-state index is -3.71. The van der Waals surface area contributed by atoms with Crippen molar-refractivity contribution in [2.45, 2.75) is 38.6 Å². The molecule has 0 saturated heterocycles. The summed E-state index contributed by atoms with van der Waals surface area (Å²) in [6.07, 6.45) is 0.901. The van der Waals surface area contributed by atoms with Crippen molar-refractivity contribution in [1.29, 1.82) is 0 Å². The van der Waals surface area contributed by atoms with Gasteiger partial charge in [0.05, 0.1) is 10.6 Å². The molecule has 7 heteroatoms. The number of benzene rings is 2. The number of carbonyl (C=O) groups is 1. The van der Waals surface area contributed by atoms with Gasteiger partial charge in [-0.15, -0.1) is 0 Å². The highest BCUT2D eigenvalue weighted by atomic mass is 32.2. The number of hydrogen-bond acceptors (Lipinski definition) is 4. The second kappa shape index (κ2) is 7.32. The van der Waals surface area contributed by atoms with Crippen molar-refractivity contribution in [2.75, 3.05) is 16.6 Å². The molecule has 3 N–H and O–H groups in total. The summed E-state index contributed by atoms with van der Waals surface area (Å²) in [4.78, 5) is 12.4. The summed E-state index contributed by atoms with van der Waals surface area (Å²) in [5.41, 5.74) is 2.60. The highest BCUT2D eigenvalue weighted by molar-refractivity contribution is 7.92. The van der Waals surface area contributed by atoms with Crippen molar-refractivity contribution in [2.24, 2.45) is 5.41 Å². The van der Waals surface area contributed by atoms with Crippen molar-refractivity contribution in [3.8, 4) is 0 Å². The van der Waals surface area contributed by atoms with Crippen LogP contribution in [-0.4, -0.2) is 20.9 Å². The van der Waals surface area contributed by atoms with E-state index in [-0.39, 0.29) is 10.8 Å². The normalized spacial score (nSPS) is 14.3. The maximum absolute atomic E-state index is 12.8. The molecule has 6 nitrogen and oxygen atoms in total. The number of anilines is 2. The number of carbonyl (C=O) groups excluding carboxylic acids is 1. The maximum Gasteiger partial charge on any atom is 0.261 e. The predicted molar refractivity (Wildman–Crippen MR) is 107 cm³/mol. The predicted octanol–water partition coefficient (Wildman–Crippen LogP) is 3.12. The first-order valence-electron chi connectivity index (χ1n) is 8.92. The van der Waals surface area contributed by atoms with Crippen LogP contribution in [-0.2, 0) is 27.8 Å². The van der Waals surface area contributed by atoms with Gasteiger partial charge < -0.3 is 10.6 Å². The summed E-state index contributed by atoms with van der Waals surface area (Å²) in [6, 6.07) is 11.9. The number of fused-ring (bicyclic) bond motifs is 1. The lowest BCUT2D eigenvalue weighted by Crippen LogP contribution is -2.27. The van der Waals surface area contributed by atoms with Gasteiger partial charge in [-0.2, -0.15) is 0 Å². The van der Waals surface area contributed by atoms with E-state index >= 15 is 0 Å². The quantitative estimate of drug-likeness (QED) is 0.752. The van der Waals surface area contributed by atoms with E-state index in [4.69, 9.17) is 0 Å². The molecule has 1 heterocycles. The molecule has 3 rings (SSSR count). The van der Waals surface area contributed by atoms with E-state index in [0.717, 1.165) is 18.5 Å². The number of nitrogens with one attached hydrogen (secondary N) is 3. The fourth-order valence-corrected chi connectivity index (χ4v) is 3.92. The van der Waals surface area contributed by atoms with Crippen molar-refractivity contribution >= 4 is 27.3 Å². The first-order chi connectivity index (χ1) is 12.6. The van der Waals surface area contributed by atoms with Gasteiger partial charge in [-0.1, -0.05) is 32.9 Å². The van der Waals surface area contributed by atoms with E-state index in [0.29, 0.717) is 17.9 Å². The van der Waals surface area contributed by atoms with Crippen LogP contribution in [0.5, 0.6) is 0 Å². The number of hydrogen-bond donors (Lipinski definition) is 3. The second-order valence-electron chi connectivity index (χ2n) is 7.75. The zero-order valence-electron chi connectivity index (χ0n) is 15.8. The summed E-state index contributed by atoms with van der Waals surface area (Å²) in [5, 5.41) is 6.06. The third-order valence-electron chi connectivity index (χ3n) is 4.43. The van der Waals surface area contributed by atoms with Crippen molar-refractivity contribution in [3.63, 3.8) is 0 Å². The molecular weight excluding hydrogens is 362 g/mol. The smallest absolute Gasteiger partial charge is 0.261 e. The van der Waals surface area contributed by atoms with Gasteiger partial charge in [0.1, 0.15) is 0 Å². The van der Waals surface area contributed by atoms with Crippen LogP contribution in [0.2, 0.25) is 0 Å². The monoisotopic (exact) mass is 387 g/mol. The largest absolute Gasteiger partial charge is 0.326 e. The van der Waals surface area contributed by atoms with Crippen LogP contribution >= 0.6 is 0 Å². The minimum Gasteiger partial charge on any atom is -0.326 e. The first-order valence-corrected chi connectivity index (χ1v) is 10.4. The molecule has 1 amide bonds. The van der Waals surface area contributed by atoms with Gasteiger partial charge in [0.25, 0.3) is 10.0 Å². The zero-order valence-corrected chi connectivity index (χ0v) is 16.6. The molecule has 27 heavy (non-hydrogen) atoms. The first kappa shape index (κ1) is 19.4. The highest BCUT2D eigenvalue weighted by Crippen LogP contribution is 2.24. The van der Waals surface area contributed by atoms with Crippen LogP contribution in [0.25, 0.3) is 0 Å². The van der Waals surface area contributed by atoms with Crippen LogP contribution in [0.4, 0.5) is 11.4 Å². The Hall–Kier alpha value is -2.38. The third kappa shape index (κ3) is 4.67. The summed E-state index contributed by atoms with van der Waals surface area (Å²) in [6.45, 7) is 7.04. The lowest BCUT2D eigenvalue weighted by molar-refractivity contribution is -0.123. The van der Waals surface area contributed by atoms with E-state index in [1.807, 2.05) is 26.8 Å². The average Bonchev–Trinajstić information content (AvgIpc) is 2.60. The molecule has 0 fully saturated rings. The Morgan fingerprint density at radius 3 is 2.52 bits per heavy atom. The Balaban J connectivity index is 1.80. The van der Waals surface area contributed by atoms with Gasteiger partial charge in [0.2, 0.25) is 5.91 Å². The van der Waals surface area contributed by atoms with Gasteiger partial charge in [-0.05, 0) is 54.4 Å². The van der Waals surface area contributed by atoms with E-state index in [2.05, 4.69) is 15.4 Å². The van der Waals surface area contributed by atoms with Gasteiger partial charge >= 0.3 is 0 Å². The third-order valence-corrected chi connectivity index (χ3v) is 5.81. The van der Waals surface area contributed by atoms with Crippen LogP contribution < -0.4 is 15.4 Å². The van der Waals surface area contributed by atoms with E-state index < -0.39 is 15.4 Å². The maximum atomic E-state index is 12.8. The van der Waals surface area contributed by atoms with Crippen LogP contribution in [0, 0.1) is 5.41 Å². The molecule has 0 atom stereocenters. The molecule has 144 valence electrons. The molecule has 1 aliphatic heterocycles. The molecule has 2 aromatic carbocycles. The molecule has 0 spiro atoms. The summed E-state index contributed by atoms with van der Waals surface area (Å²) < 4.78 is 28.1. The van der Waals surface area contributed by atoms with Gasteiger partial charge in [-0.3, -0.25) is 9.52 Å². The Morgan fingerprint density at radius 1 is 1.04 bits per heavy atom. The summed E-state index contributed by atoms with van der Waals surface area (Å²) in [5.74, 6) is -0.135. The molecule has 0 aromatic heterocycles. The SMILES string of the molecule is CC(C)(C)C(=O)Nc1cccc(NS(=O)(=O)c2ccc3c(c2)CNCC3)c1. The number of rotatable bonds is 4. The molecule has 2 aromatic rings. The highest BCUT2D eigenvalue weighted by Gasteiger charge is 2.22. The molecule has 0 unspecified atom stereocenters. The number of amides is 1. The fourth-order valence-electron chi connectivity index (χ4n) is 2.82. The Labute approximate surface area is 160 Å². The summed E-state index contributed by atoms with van der Waals surface area (Å²) in [7, 11) is -3.71. The zero-order chi connectivity index (χ0) is 19.7. The molecule has 0 aliphatic carbocycles. The molecular formula is C20H25N3O3S. The van der Waals surface area contributed by atoms with E-state index in [9.17, 15) is 13.2 Å². The fraction of sp³-hybridized carbons (Fsp3) is 0.350. The van der Waals surface area contributed by atoms with Gasteiger partial charge in [0.15, 0.2) is 0 Å². The average molecular weight is 388 g/mol. The van der Waals surface area contributed by atoms with Gasteiger partial charge in [-0.25, -0.2) is 8.42 Å². The second-order valence-corrected chi connectivity index (χ2v) is 9.43. The molecule has 0 bridgehead atoms. The summed E-state index contributed by atoms with van der Waals surface area (Å²) >= 11 is 0. The Morgan fingerprint density at radius 2 is 1.78 bits per heavy atom. The van der Waals surface area contributed by atoms with Crippen molar-refractivity contribution in [3.05, 3.63) is 53.6 Å². The van der Waals surface area contributed by atoms with E-state index in [1.165, 1.54) is 5.56 Å². The molecule has 0 saturated carbocycles. The Bertz CT molecular complexity index is 963. The molecule has 0 radical (unpaired) electrons. The van der Waals surface area contributed by atoms with Crippen molar-refractivity contribution < 1.29 is 13.2 Å². The van der Waals surface area contributed by atoms with Crippen molar-refractivity contribution in [1.82, 2.24) is 5.32 Å². The lowest BCUT2D eigenvalue weighted by atomic mass is 9.95. The molecule has 1 aliphatic rings. The lowest BCUT2D eigenvalue weighted by Gasteiger charge is -2.19. The van der Waals surface area contributed by atoms with Crippen LogP contribution in [0.15, 0.2) is 47.4 Å². The Kier molecular flexibility index (Phi) is 5.26. The minimum absolute atomic E-state index is 0.135. The van der Waals surface area contributed by atoms with E-state index in [1.54, 1.807) is 36.4 Å². The van der Waals surface area contributed by atoms with Gasteiger partial charge in [0, 0.05) is 17.6 Å². The topological polar surface area (TPSA) is 87.3 Å². The van der Waals surface area contributed by atoms with Crippen LogP contribution in [0.3, 0.4) is 0 Å².